The molecule has 1 aromatic heterocycles. The summed E-state index contributed by atoms with van der Waals surface area (Å²) in [7, 11) is 0. The Labute approximate surface area is 106 Å². The highest BCUT2D eigenvalue weighted by Crippen LogP contribution is 2.47. The third-order valence-electron chi connectivity index (χ3n) is 4.43. The lowest BCUT2D eigenvalue weighted by Gasteiger charge is -2.43. The lowest BCUT2D eigenvalue weighted by molar-refractivity contribution is 0.127. The zero-order valence-corrected chi connectivity index (χ0v) is 12.2. The van der Waals surface area contributed by atoms with Crippen molar-refractivity contribution in [3.05, 3.63) is 24.0 Å². The van der Waals surface area contributed by atoms with E-state index >= 15 is 0 Å². The van der Waals surface area contributed by atoms with E-state index < -0.39 is 0 Å². The lowest BCUT2D eigenvalue weighted by Crippen LogP contribution is -2.36. The highest BCUT2D eigenvalue weighted by Gasteiger charge is 2.38. The maximum absolute atomic E-state index is 2.48. The van der Waals surface area contributed by atoms with Gasteiger partial charge in [0, 0.05) is 24.4 Å². The van der Waals surface area contributed by atoms with Gasteiger partial charge in [-0.1, -0.05) is 41.5 Å². The van der Waals surface area contributed by atoms with Gasteiger partial charge in [-0.15, -0.1) is 0 Å². The van der Waals surface area contributed by atoms with Gasteiger partial charge in [-0.25, -0.2) is 0 Å². The number of hydrogen-bond acceptors (Lipinski definition) is 0. The molecule has 0 fully saturated rings. The Morgan fingerprint density at radius 1 is 1.06 bits per heavy atom. The Bertz CT molecular complexity index is 386. The summed E-state index contributed by atoms with van der Waals surface area (Å²) in [6.07, 6.45) is 3.59. The fraction of sp³-hybridized carbons (Fsp3) is 0.750. The quantitative estimate of drug-likeness (QED) is 0.613. The van der Waals surface area contributed by atoms with Crippen LogP contribution >= 0.6 is 0 Å². The molecule has 0 radical (unpaired) electrons. The first-order valence-electron chi connectivity index (χ1n) is 6.84. The molecule has 0 amide bonds. The molecule has 2 heterocycles. The van der Waals surface area contributed by atoms with Gasteiger partial charge >= 0.3 is 0 Å². The van der Waals surface area contributed by atoms with E-state index in [4.69, 9.17) is 0 Å². The van der Waals surface area contributed by atoms with Crippen LogP contribution in [0.25, 0.3) is 0 Å². The van der Waals surface area contributed by atoms with Gasteiger partial charge in [-0.2, -0.15) is 0 Å². The highest BCUT2D eigenvalue weighted by atomic mass is 15.0. The van der Waals surface area contributed by atoms with E-state index in [1.807, 2.05) is 0 Å². The van der Waals surface area contributed by atoms with Crippen molar-refractivity contribution in [2.75, 3.05) is 0 Å². The maximum Gasteiger partial charge on any atom is 0.0255 e. The summed E-state index contributed by atoms with van der Waals surface area (Å²) in [5.41, 5.74) is 2.31. The van der Waals surface area contributed by atoms with Gasteiger partial charge in [0.15, 0.2) is 0 Å². The van der Waals surface area contributed by atoms with Crippen molar-refractivity contribution in [1.29, 1.82) is 0 Å². The van der Waals surface area contributed by atoms with E-state index in [1.165, 1.54) is 18.7 Å². The molecule has 0 aromatic carbocycles. The minimum absolute atomic E-state index is 0.361. The van der Waals surface area contributed by atoms with Gasteiger partial charge in [0.25, 0.3) is 0 Å². The van der Waals surface area contributed by atoms with Gasteiger partial charge in [0.1, 0.15) is 0 Å². The minimum Gasteiger partial charge on any atom is -0.351 e. The zero-order valence-electron chi connectivity index (χ0n) is 12.2. The van der Waals surface area contributed by atoms with Crippen LogP contribution in [0.15, 0.2) is 18.3 Å². The smallest absolute Gasteiger partial charge is 0.0255 e. The monoisotopic (exact) mass is 233 g/mol. The van der Waals surface area contributed by atoms with Gasteiger partial charge < -0.3 is 4.57 Å². The average Bonchev–Trinajstić information content (AvgIpc) is 2.59. The lowest BCUT2D eigenvalue weighted by atomic mass is 9.66. The number of hydrogen-bond donors (Lipinski definition) is 0. The Kier molecular flexibility index (Phi) is 2.92. The van der Waals surface area contributed by atoms with Crippen LogP contribution in [-0.2, 0) is 6.54 Å². The summed E-state index contributed by atoms with van der Waals surface area (Å²) >= 11 is 0. The second-order valence-corrected chi connectivity index (χ2v) is 7.80. The standard InChI is InChI=1S/C16H27N/c1-15(2,3)12-10-13(16(4,5)6)14-8-7-9-17(14)11-12/h7-9,12-13H,10-11H2,1-6H3. The zero-order chi connectivity index (χ0) is 12.8. The van der Waals surface area contributed by atoms with E-state index in [1.54, 1.807) is 0 Å². The third-order valence-corrected chi connectivity index (χ3v) is 4.43. The summed E-state index contributed by atoms with van der Waals surface area (Å²) in [6.45, 7) is 15.5. The molecular weight excluding hydrogens is 206 g/mol. The van der Waals surface area contributed by atoms with Gasteiger partial charge in [-0.3, -0.25) is 0 Å². The molecule has 1 aromatic rings. The van der Waals surface area contributed by atoms with Gasteiger partial charge in [-0.05, 0) is 35.3 Å². The van der Waals surface area contributed by atoms with Crippen molar-refractivity contribution in [2.45, 2.75) is 60.4 Å². The largest absolute Gasteiger partial charge is 0.351 e. The molecular formula is C16H27N. The van der Waals surface area contributed by atoms with E-state index in [0.29, 0.717) is 16.7 Å². The molecule has 2 rings (SSSR count). The number of rotatable bonds is 0. The number of nitrogens with zero attached hydrogens (tertiary/aromatic N) is 1. The Hall–Kier alpha value is -0.720. The summed E-state index contributed by atoms with van der Waals surface area (Å²) in [4.78, 5) is 0. The molecule has 96 valence electrons. The molecule has 0 aliphatic carbocycles. The van der Waals surface area contributed by atoms with Crippen LogP contribution in [0.2, 0.25) is 0 Å². The first kappa shape index (κ1) is 12.7. The molecule has 0 N–H and O–H groups in total. The van der Waals surface area contributed by atoms with Crippen LogP contribution in [0.4, 0.5) is 0 Å². The molecule has 2 atom stereocenters. The van der Waals surface area contributed by atoms with Crippen molar-refractivity contribution in [3.63, 3.8) is 0 Å². The molecule has 1 aliphatic heterocycles. The van der Waals surface area contributed by atoms with Crippen LogP contribution in [0.5, 0.6) is 0 Å². The van der Waals surface area contributed by atoms with Crippen molar-refractivity contribution >= 4 is 0 Å². The van der Waals surface area contributed by atoms with Crippen LogP contribution in [0, 0.1) is 16.7 Å². The molecule has 0 saturated heterocycles. The van der Waals surface area contributed by atoms with Gasteiger partial charge in [0.05, 0.1) is 0 Å². The molecule has 0 spiro atoms. The summed E-state index contributed by atoms with van der Waals surface area (Å²) in [5, 5.41) is 0. The predicted molar refractivity (Wildman–Crippen MR) is 74.2 cm³/mol. The Balaban J connectivity index is 2.36. The van der Waals surface area contributed by atoms with Gasteiger partial charge in [0.2, 0.25) is 0 Å². The van der Waals surface area contributed by atoms with Crippen LogP contribution in [0.3, 0.4) is 0 Å². The average molecular weight is 233 g/mol. The van der Waals surface area contributed by atoms with Crippen molar-refractivity contribution in [2.24, 2.45) is 16.7 Å². The molecule has 1 nitrogen and oxygen atoms in total. The fourth-order valence-electron chi connectivity index (χ4n) is 3.05. The van der Waals surface area contributed by atoms with Crippen LogP contribution in [0.1, 0.15) is 59.6 Å². The topological polar surface area (TPSA) is 4.93 Å². The molecule has 17 heavy (non-hydrogen) atoms. The van der Waals surface area contributed by atoms with E-state index in [0.717, 1.165) is 5.92 Å². The molecule has 1 heteroatoms. The number of aromatic nitrogens is 1. The highest BCUT2D eigenvalue weighted by molar-refractivity contribution is 5.18. The third kappa shape index (κ3) is 2.43. The first-order valence-corrected chi connectivity index (χ1v) is 6.84. The SMILES string of the molecule is CC(C)(C)C1CC(C(C)(C)C)c2cccn2C1. The number of fused-ring (bicyclic) bond motifs is 1. The van der Waals surface area contributed by atoms with E-state index in [2.05, 4.69) is 64.4 Å². The second kappa shape index (κ2) is 3.90. The van der Waals surface area contributed by atoms with E-state index in [9.17, 15) is 0 Å². The van der Waals surface area contributed by atoms with Crippen molar-refractivity contribution in [1.82, 2.24) is 4.57 Å². The van der Waals surface area contributed by atoms with Crippen LogP contribution in [-0.4, -0.2) is 4.57 Å². The first-order chi connectivity index (χ1) is 7.69. The summed E-state index contributed by atoms with van der Waals surface area (Å²) in [6, 6.07) is 4.52. The summed E-state index contributed by atoms with van der Waals surface area (Å²) < 4.78 is 2.48. The Morgan fingerprint density at radius 3 is 2.24 bits per heavy atom. The molecule has 0 bridgehead atoms. The fourth-order valence-corrected chi connectivity index (χ4v) is 3.05. The molecule has 2 unspecified atom stereocenters. The van der Waals surface area contributed by atoms with E-state index in [-0.39, 0.29) is 0 Å². The summed E-state index contributed by atoms with van der Waals surface area (Å²) in [5.74, 6) is 1.47. The van der Waals surface area contributed by atoms with Crippen molar-refractivity contribution < 1.29 is 0 Å². The molecule has 1 aliphatic rings. The van der Waals surface area contributed by atoms with Crippen LogP contribution < -0.4 is 0 Å². The Morgan fingerprint density at radius 2 is 1.71 bits per heavy atom. The minimum atomic E-state index is 0.361. The van der Waals surface area contributed by atoms with Crippen molar-refractivity contribution in [3.8, 4) is 0 Å². The normalized spacial score (nSPS) is 25.8. The molecule has 0 saturated carbocycles. The maximum atomic E-state index is 2.48. The predicted octanol–water partition coefficient (Wildman–Crippen LogP) is 4.68. The second-order valence-electron chi connectivity index (χ2n) is 7.80.